The van der Waals surface area contributed by atoms with Crippen molar-refractivity contribution in [1.29, 1.82) is 0 Å². The Bertz CT molecular complexity index is 399. The van der Waals surface area contributed by atoms with E-state index in [0.717, 1.165) is 0 Å². The lowest BCUT2D eigenvalue weighted by molar-refractivity contribution is -0.138. The molecule has 0 spiro atoms. The smallest absolute Gasteiger partial charge is 0.362 e. The van der Waals surface area contributed by atoms with Gasteiger partial charge in [0.05, 0.1) is 12.3 Å². The molecule has 16 heavy (non-hydrogen) atoms. The summed E-state index contributed by atoms with van der Waals surface area (Å²) in [7, 11) is 0. The van der Waals surface area contributed by atoms with Gasteiger partial charge in [-0.05, 0) is 19.1 Å². The van der Waals surface area contributed by atoms with Crippen molar-refractivity contribution in [1.82, 2.24) is 0 Å². The predicted molar refractivity (Wildman–Crippen MR) is 58.3 cm³/mol. The summed E-state index contributed by atoms with van der Waals surface area (Å²) in [6, 6.07) is 8.88. The predicted octanol–water partition coefficient (Wildman–Crippen LogP) is 2.73. The third kappa shape index (κ3) is 3.53. The fourth-order valence-electron chi connectivity index (χ4n) is 0.931. The van der Waals surface area contributed by atoms with E-state index in [0.29, 0.717) is 11.9 Å². The van der Waals surface area contributed by atoms with Crippen molar-refractivity contribution < 1.29 is 14.6 Å². The molecule has 0 unspecified atom stereocenters. The molecule has 1 aromatic rings. The van der Waals surface area contributed by atoms with Gasteiger partial charge in [0, 0.05) is 0 Å². The molecule has 0 saturated heterocycles. The van der Waals surface area contributed by atoms with Crippen LogP contribution in [0.4, 0.5) is 5.69 Å². The van der Waals surface area contributed by atoms with Crippen LogP contribution in [0.5, 0.6) is 0 Å². The molecule has 0 atom stereocenters. The molecule has 0 heterocycles. The van der Waals surface area contributed by atoms with E-state index < -0.39 is 5.97 Å². The van der Waals surface area contributed by atoms with Crippen LogP contribution in [0.2, 0.25) is 0 Å². The van der Waals surface area contributed by atoms with Crippen LogP contribution in [0.1, 0.15) is 6.92 Å². The minimum Gasteiger partial charge on any atom is -0.513 e. The average Bonchev–Trinajstić information content (AvgIpc) is 2.31. The molecule has 0 aliphatic rings. The Morgan fingerprint density at radius 2 is 2.12 bits per heavy atom. The SMILES string of the molecule is CCOC(=O)/C(=C/O)N=Nc1ccccc1. The van der Waals surface area contributed by atoms with Crippen molar-refractivity contribution in [2.45, 2.75) is 6.92 Å². The van der Waals surface area contributed by atoms with Gasteiger partial charge in [-0.25, -0.2) is 4.79 Å². The number of aliphatic hydroxyl groups is 1. The molecule has 84 valence electrons. The molecule has 0 aromatic heterocycles. The standard InChI is InChI=1S/C11H12N2O3/c1-2-16-11(15)10(8-14)13-12-9-6-4-3-5-7-9/h3-8,14H,2H2,1H3/b10-8-,13-12?. The highest BCUT2D eigenvalue weighted by atomic mass is 16.5. The number of carbonyl (C=O) groups is 1. The number of aliphatic hydroxyl groups excluding tert-OH is 1. The van der Waals surface area contributed by atoms with Gasteiger partial charge in [-0.2, -0.15) is 5.11 Å². The Balaban J connectivity index is 2.72. The minimum atomic E-state index is -0.704. The van der Waals surface area contributed by atoms with Crippen LogP contribution < -0.4 is 0 Å². The molecule has 5 nitrogen and oxygen atoms in total. The Morgan fingerprint density at radius 1 is 1.44 bits per heavy atom. The van der Waals surface area contributed by atoms with E-state index in [9.17, 15) is 4.79 Å². The molecule has 0 aliphatic heterocycles. The highest BCUT2D eigenvalue weighted by molar-refractivity contribution is 5.87. The van der Waals surface area contributed by atoms with E-state index in [1.165, 1.54) is 0 Å². The van der Waals surface area contributed by atoms with Crippen LogP contribution in [0.15, 0.2) is 52.5 Å². The normalized spacial score (nSPS) is 11.7. The Kier molecular flexibility index (Phi) is 4.72. The maximum atomic E-state index is 11.2. The number of nitrogens with zero attached hydrogens (tertiary/aromatic N) is 2. The van der Waals surface area contributed by atoms with Crippen LogP contribution in [-0.2, 0) is 9.53 Å². The first-order valence-corrected chi connectivity index (χ1v) is 4.76. The lowest BCUT2D eigenvalue weighted by Gasteiger charge is -1.98. The largest absolute Gasteiger partial charge is 0.513 e. The van der Waals surface area contributed by atoms with E-state index in [-0.39, 0.29) is 12.3 Å². The molecular formula is C11H12N2O3. The first-order valence-electron chi connectivity index (χ1n) is 4.76. The lowest BCUT2D eigenvalue weighted by atomic mass is 10.3. The summed E-state index contributed by atoms with van der Waals surface area (Å²) >= 11 is 0. The highest BCUT2D eigenvalue weighted by Gasteiger charge is 2.09. The van der Waals surface area contributed by atoms with Gasteiger partial charge < -0.3 is 9.84 Å². The zero-order valence-electron chi connectivity index (χ0n) is 8.83. The van der Waals surface area contributed by atoms with Crippen LogP contribution >= 0.6 is 0 Å². The number of carbonyl (C=O) groups excluding carboxylic acids is 1. The second-order valence-electron chi connectivity index (χ2n) is 2.77. The number of benzene rings is 1. The van der Waals surface area contributed by atoms with Gasteiger partial charge in [0.25, 0.3) is 0 Å². The number of ether oxygens (including phenoxy) is 1. The maximum Gasteiger partial charge on any atom is 0.362 e. The highest BCUT2D eigenvalue weighted by Crippen LogP contribution is 2.12. The van der Waals surface area contributed by atoms with Gasteiger partial charge in [-0.3, -0.25) is 0 Å². The first-order chi connectivity index (χ1) is 7.77. The topological polar surface area (TPSA) is 71.2 Å². The number of hydrogen-bond donors (Lipinski definition) is 1. The van der Waals surface area contributed by atoms with Crippen molar-refractivity contribution in [3.05, 3.63) is 42.3 Å². The van der Waals surface area contributed by atoms with Gasteiger partial charge in [0.1, 0.15) is 6.26 Å². The monoisotopic (exact) mass is 220 g/mol. The number of hydrogen-bond acceptors (Lipinski definition) is 5. The van der Waals surface area contributed by atoms with Gasteiger partial charge in [-0.15, -0.1) is 5.11 Å². The van der Waals surface area contributed by atoms with Crippen LogP contribution in [-0.4, -0.2) is 17.7 Å². The zero-order valence-corrected chi connectivity index (χ0v) is 8.83. The summed E-state index contributed by atoms with van der Waals surface area (Å²) in [5.74, 6) is -0.704. The fourth-order valence-corrected chi connectivity index (χ4v) is 0.931. The van der Waals surface area contributed by atoms with E-state index in [2.05, 4.69) is 15.0 Å². The summed E-state index contributed by atoms with van der Waals surface area (Å²) < 4.78 is 4.66. The zero-order chi connectivity index (χ0) is 11.8. The van der Waals surface area contributed by atoms with E-state index >= 15 is 0 Å². The molecule has 1 rings (SSSR count). The summed E-state index contributed by atoms with van der Waals surface area (Å²) in [6.45, 7) is 1.89. The molecule has 0 saturated carbocycles. The van der Waals surface area contributed by atoms with Crippen molar-refractivity contribution in [2.75, 3.05) is 6.61 Å². The summed E-state index contributed by atoms with van der Waals surface area (Å²) in [6.07, 6.45) is 0.574. The molecule has 1 N–H and O–H groups in total. The van der Waals surface area contributed by atoms with E-state index in [1.807, 2.05) is 6.07 Å². The summed E-state index contributed by atoms with van der Waals surface area (Å²) in [4.78, 5) is 11.2. The third-order valence-corrected chi connectivity index (χ3v) is 1.64. The van der Waals surface area contributed by atoms with E-state index in [4.69, 9.17) is 5.11 Å². The maximum absolute atomic E-state index is 11.2. The molecule has 0 amide bonds. The second kappa shape index (κ2) is 6.34. The van der Waals surface area contributed by atoms with Gasteiger partial charge >= 0.3 is 5.97 Å². The van der Waals surface area contributed by atoms with Gasteiger partial charge in [0.2, 0.25) is 5.70 Å². The number of rotatable bonds is 4. The van der Waals surface area contributed by atoms with Crippen LogP contribution in [0, 0.1) is 0 Å². The van der Waals surface area contributed by atoms with Crippen molar-refractivity contribution >= 4 is 11.7 Å². The Labute approximate surface area is 93.1 Å². The quantitative estimate of drug-likeness (QED) is 0.367. The first kappa shape index (κ1) is 11.9. The van der Waals surface area contributed by atoms with Gasteiger partial charge in [-0.1, -0.05) is 18.2 Å². The third-order valence-electron chi connectivity index (χ3n) is 1.64. The van der Waals surface area contributed by atoms with E-state index in [1.54, 1.807) is 31.2 Å². The molecule has 1 aromatic carbocycles. The molecule has 0 aliphatic carbocycles. The number of azo groups is 1. The molecule has 0 bridgehead atoms. The molecule has 5 heteroatoms. The van der Waals surface area contributed by atoms with Crippen LogP contribution in [0.25, 0.3) is 0 Å². The van der Waals surface area contributed by atoms with Gasteiger partial charge in [0.15, 0.2) is 0 Å². The minimum absolute atomic E-state index is 0.219. The Morgan fingerprint density at radius 3 is 2.69 bits per heavy atom. The van der Waals surface area contributed by atoms with Crippen molar-refractivity contribution in [2.24, 2.45) is 10.2 Å². The lowest BCUT2D eigenvalue weighted by Crippen LogP contribution is -2.05. The average molecular weight is 220 g/mol. The fraction of sp³-hybridized carbons (Fsp3) is 0.182. The molecular weight excluding hydrogens is 208 g/mol. The number of esters is 1. The molecule has 0 fully saturated rings. The Hall–Kier alpha value is -2.17. The van der Waals surface area contributed by atoms with Crippen LogP contribution in [0.3, 0.4) is 0 Å². The second-order valence-corrected chi connectivity index (χ2v) is 2.77. The molecule has 0 radical (unpaired) electrons. The van der Waals surface area contributed by atoms with Crippen molar-refractivity contribution in [3.8, 4) is 0 Å². The summed E-state index contributed by atoms with van der Waals surface area (Å²) in [5.41, 5.74) is 0.358. The summed E-state index contributed by atoms with van der Waals surface area (Å²) in [5, 5.41) is 16.2. The van der Waals surface area contributed by atoms with Crippen molar-refractivity contribution in [3.63, 3.8) is 0 Å².